The summed E-state index contributed by atoms with van der Waals surface area (Å²) < 4.78 is 14.3. The first-order valence-electron chi connectivity index (χ1n) is 5.82. The predicted octanol–water partition coefficient (Wildman–Crippen LogP) is 3.77. The first-order chi connectivity index (χ1) is 9.95. The molecule has 0 heterocycles. The van der Waals surface area contributed by atoms with Crippen LogP contribution in [0.25, 0.3) is 0 Å². The quantitative estimate of drug-likeness (QED) is 0.687. The molecule has 0 aliphatic rings. The molecule has 5 nitrogen and oxygen atoms in total. The lowest BCUT2D eigenvalue weighted by Crippen LogP contribution is -2.19. The third-order valence-corrected chi connectivity index (χ3v) is 3.28. The number of carbonyl (C=O) groups excluding carboxylic acids is 1. The summed E-state index contributed by atoms with van der Waals surface area (Å²) in [4.78, 5) is 22.6. The first-order valence-corrected chi connectivity index (χ1v) is 6.90. The molecule has 3 N–H and O–H groups in total. The van der Waals surface area contributed by atoms with Crippen LogP contribution in [-0.2, 0) is 0 Å². The molecular weight excluding hydrogens is 390 g/mol. The molecule has 0 unspecified atom stereocenters. The number of nitrogens with one attached hydrogen (secondary N) is 2. The molecule has 0 aromatic heterocycles. The highest BCUT2D eigenvalue weighted by Gasteiger charge is 2.12. The summed E-state index contributed by atoms with van der Waals surface area (Å²) in [6, 6.07) is 9.92. The molecule has 0 bridgehead atoms. The summed E-state index contributed by atoms with van der Waals surface area (Å²) in [6.07, 6.45) is 0. The third-order valence-electron chi connectivity index (χ3n) is 2.56. The van der Waals surface area contributed by atoms with E-state index in [2.05, 4.69) is 33.2 Å². The van der Waals surface area contributed by atoms with Crippen molar-refractivity contribution in [3.8, 4) is 0 Å². The largest absolute Gasteiger partial charge is 0.478 e. The summed E-state index contributed by atoms with van der Waals surface area (Å²) in [7, 11) is 0. The van der Waals surface area contributed by atoms with Gasteiger partial charge < -0.3 is 15.7 Å². The van der Waals surface area contributed by atoms with Crippen LogP contribution in [0.3, 0.4) is 0 Å². The van der Waals surface area contributed by atoms with E-state index in [-0.39, 0.29) is 5.69 Å². The predicted molar refractivity (Wildman–Crippen MR) is 85.2 cm³/mol. The number of amides is 2. The Hall–Kier alpha value is -2.16. The van der Waals surface area contributed by atoms with E-state index in [9.17, 15) is 14.0 Å². The lowest BCUT2D eigenvalue weighted by molar-refractivity contribution is 0.0692. The molecule has 0 aliphatic heterocycles. The molecule has 2 amide bonds. The summed E-state index contributed by atoms with van der Waals surface area (Å²) in [5.74, 6) is -2.25. The maximum absolute atomic E-state index is 13.2. The Balaban J connectivity index is 2.07. The Morgan fingerprint density at radius 1 is 1.00 bits per heavy atom. The number of urea groups is 1. The van der Waals surface area contributed by atoms with Crippen LogP contribution >= 0.6 is 22.6 Å². The van der Waals surface area contributed by atoms with Gasteiger partial charge in [-0.1, -0.05) is 0 Å². The van der Waals surface area contributed by atoms with E-state index in [1.165, 1.54) is 6.07 Å². The van der Waals surface area contributed by atoms with E-state index in [4.69, 9.17) is 5.11 Å². The third kappa shape index (κ3) is 4.15. The molecule has 2 rings (SSSR count). The van der Waals surface area contributed by atoms with Crippen molar-refractivity contribution in [2.45, 2.75) is 0 Å². The van der Waals surface area contributed by atoms with Crippen LogP contribution in [-0.4, -0.2) is 17.1 Å². The second-order valence-corrected chi connectivity index (χ2v) is 5.33. The topological polar surface area (TPSA) is 78.4 Å². The van der Waals surface area contributed by atoms with Crippen molar-refractivity contribution >= 4 is 46.0 Å². The molecular formula is C14H10FIN2O3. The minimum Gasteiger partial charge on any atom is -0.478 e. The van der Waals surface area contributed by atoms with Crippen LogP contribution in [0.15, 0.2) is 42.5 Å². The Morgan fingerprint density at radius 3 is 2.19 bits per heavy atom. The van der Waals surface area contributed by atoms with Crippen LogP contribution in [0.4, 0.5) is 20.6 Å². The van der Waals surface area contributed by atoms with Crippen LogP contribution in [0.1, 0.15) is 10.4 Å². The van der Waals surface area contributed by atoms with Gasteiger partial charge in [-0.25, -0.2) is 14.0 Å². The number of hydrogen-bond donors (Lipinski definition) is 3. The van der Waals surface area contributed by atoms with Crippen molar-refractivity contribution in [3.05, 3.63) is 57.4 Å². The molecule has 2 aromatic carbocycles. The first kappa shape index (κ1) is 15.2. The Kier molecular flexibility index (Phi) is 4.73. The molecule has 21 heavy (non-hydrogen) atoms. The maximum atomic E-state index is 13.2. The van der Waals surface area contributed by atoms with Gasteiger partial charge in [-0.15, -0.1) is 0 Å². The monoisotopic (exact) mass is 400 g/mol. The van der Waals surface area contributed by atoms with E-state index in [0.29, 0.717) is 5.69 Å². The zero-order valence-electron chi connectivity index (χ0n) is 10.6. The van der Waals surface area contributed by atoms with Gasteiger partial charge in [-0.3, -0.25) is 0 Å². The SMILES string of the molecule is O=C(Nc1ccc(I)cc1)Nc1ccc(F)c(C(=O)O)c1. The van der Waals surface area contributed by atoms with Gasteiger partial charge in [0.15, 0.2) is 0 Å². The number of benzene rings is 2. The van der Waals surface area contributed by atoms with E-state index >= 15 is 0 Å². The fourth-order valence-corrected chi connectivity index (χ4v) is 1.95. The maximum Gasteiger partial charge on any atom is 0.338 e. The van der Waals surface area contributed by atoms with E-state index in [1.54, 1.807) is 12.1 Å². The van der Waals surface area contributed by atoms with Crippen LogP contribution in [0.5, 0.6) is 0 Å². The molecule has 0 saturated heterocycles. The molecule has 0 saturated carbocycles. The second-order valence-electron chi connectivity index (χ2n) is 4.09. The lowest BCUT2D eigenvalue weighted by atomic mass is 10.2. The number of anilines is 2. The highest BCUT2D eigenvalue weighted by atomic mass is 127. The fourth-order valence-electron chi connectivity index (χ4n) is 1.59. The van der Waals surface area contributed by atoms with Crippen molar-refractivity contribution in [1.29, 1.82) is 0 Å². The number of carboxylic acids is 1. The molecule has 0 radical (unpaired) electrons. The average Bonchev–Trinajstić information content (AvgIpc) is 2.43. The molecule has 108 valence electrons. The molecule has 7 heteroatoms. The zero-order valence-corrected chi connectivity index (χ0v) is 12.7. The van der Waals surface area contributed by atoms with Crippen molar-refractivity contribution in [1.82, 2.24) is 0 Å². The van der Waals surface area contributed by atoms with Gasteiger partial charge in [0.25, 0.3) is 0 Å². The van der Waals surface area contributed by atoms with E-state index in [0.717, 1.165) is 15.7 Å². The van der Waals surface area contributed by atoms with Crippen LogP contribution in [0, 0.1) is 9.39 Å². The molecule has 0 aliphatic carbocycles. The Morgan fingerprint density at radius 2 is 1.57 bits per heavy atom. The van der Waals surface area contributed by atoms with Crippen molar-refractivity contribution in [3.63, 3.8) is 0 Å². The van der Waals surface area contributed by atoms with Crippen molar-refractivity contribution < 1.29 is 19.1 Å². The van der Waals surface area contributed by atoms with Gasteiger partial charge in [0.05, 0.1) is 5.56 Å². The van der Waals surface area contributed by atoms with Gasteiger partial charge >= 0.3 is 12.0 Å². The number of carbonyl (C=O) groups is 2. The van der Waals surface area contributed by atoms with Crippen LogP contribution in [0.2, 0.25) is 0 Å². The molecule has 0 fully saturated rings. The number of hydrogen-bond acceptors (Lipinski definition) is 2. The second kappa shape index (κ2) is 6.53. The smallest absolute Gasteiger partial charge is 0.338 e. The van der Waals surface area contributed by atoms with Crippen molar-refractivity contribution in [2.24, 2.45) is 0 Å². The number of aromatic carboxylic acids is 1. The minimum absolute atomic E-state index is 0.191. The van der Waals surface area contributed by atoms with Crippen LogP contribution < -0.4 is 10.6 Å². The Labute approximate surface area is 133 Å². The lowest BCUT2D eigenvalue weighted by Gasteiger charge is -2.08. The standard InChI is InChI=1S/C14H10FIN2O3/c15-12-6-5-10(7-11(12)13(19)20)18-14(21)17-9-3-1-8(16)2-4-9/h1-7H,(H,19,20)(H2,17,18,21). The van der Waals surface area contributed by atoms with Gasteiger partial charge in [0.1, 0.15) is 5.82 Å². The Bertz CT molecular complexity index is 689. The average molecular weight is 400 g/mol. The molecule has 2 aromatic rings. The fraction of sp³-hybridized carbons (Fsp3) is 0. The summed E-state index contributed by atoms with van der Waals surface area (Å²) in [5, 5.41) is 13.8. The van der Waals surface area contributed by atoms with Crippen molar-refractivity contribution in [2.75, 3.05) is 10.6 Å². The van der Waals surface area contributed by atoms with E-state index < -0.39 is 23.4 Å². The van der Waals surface area contributed by atoms with E-state index in [1.807, 2.05) is 12.1 Å². The van der Waals surface area contributed by atoms with Gasteiger partial charge in [0, 0.05) is 14.9 Å². The van der Waals surface area contributed by atoms with Gasteiger partial charge in [0.2, 0.25) is 0 Å². The van der Waals surface area contributed by atoms with Gasteiger partial charge in [-0.05, 0) is 65.1 Å². The summed E-state index contributed by atoms with van der Waals surface area (Å²) in [5.41, 5.74) is 0.285. The van der Waals surface area contributed by atoms with Gasteiger partial charge in [-0.2, -0.15) is 0 Å². The molecule has 0 spiro atoms. The summed E-state index contributed by atoms with van der Waals surface area (Å²) in [6.45, 7) is 0. The highest BCUT2D eigenvalue weighted by molar-refractivity contribution is 14.1. The normalized spacial score (nSPS) is 10.0. The summed E-state index contributed by atoms with van der Waals surface area (Å²) >= 11 is 2.14. The molecule has 0 atom stereocenters. The number of carboxylic acid groups (broad SMARTS) is 1. The number of rotatable bonds is 3. The number of halogens is 2. The highest BCUT2D eigenvalue weighted by Crippen LogP contribution is 2.16. The minimum atomic E-state index is -1.39. The zero-order chi connectivity index (χ0) is 15.4.